The van der Waals surface area contributed by atoms with E-state index >= 15 is 0 Å². The van der Waals surface area contributed by atoms with E-state index in [0.29, 0.717) is 12.1 Å². The standard InChI is InChI=1S/C15H17ClN4OS/c16-13-7-11(8-14(17)19-13)15(21)18-3-5-20-4-1-12-10(9-20)2-6-22-12/h2,6-8H,1,3-5,9H2,(H2,17,19)(H,18,21). The van der Waals surface area contributed by atoms with Gasteiger partial charge in [-0.15, -0.1) is 11.3 Å². The number of nitrogen functional groups attached to an aromatic ring is 1. The average molecular weight is 337 g/mol. The molecule has 0 atom stereocenters. The van der Waals surface area contributed by atoms with Gasteiger partial charge in [-0.25, -0.2) is 4.98 Å². The zero-order valence-corrected chi connectivity index (χ0v) is 13.6. The van der Waals surface area contributed by atoms with Crippen molar-refractivity contribution in [3.63, 3.8) is 0 Å². The summed E-state index contributed by atoms with van der Waals surface area (Å²) < 4.78 is 0. The van der Waals surface area contributed by atoms with E-state index in [4.69, 9.17) is 17.3 Å². The van der Waals surface area contributed by atoms with E-state index in [-0.39, 0.29) is 16.9 Å². The molecule has 7 heteroatoms. The fraction of sp³-hybridized carbons (Fsp3) is 0.333. The second kappa shape index (κ2) is 6.64. The minimum Gasteiger partial charge on any atom is -0.384 e. The molecule has 0 radical (unpaired) electrons. The van der Waals surface area contributed by atoms with E-state index in [0.717, 1.165) is 26.1 Å². The normalized spacial score (nSPS) is 14.6. The number of nitrogens with zero attached hydrogens (tertiary/aromatic N) is 2. The van der Waals surface area contributed by atoms with Gasteiger partial charge in [0.1, 0.15) is 11.0 Å². The third-order valence-electron chi connectivity index (χ3n) is 3.68. The molecule has 1 amide bonds. The molecule has 3 N–H and O–H groups in total. The largest absolute Gasteiger partial charge is 0.384 e. The monoisotopic (exact) mass is 336 g/mol. The summed E-state index contributed by atoms with van der Waals surface area (Å²) in [6.07, 6.45) is 1.09. The van der Waals surface area contributed by atoms with Gasteiger partial charge in [0.2, 0.25) is 0 Å². The number of thiophene rings is 1. The van der Waals surface area contributed by atoms with Gasteiger partial charge in [0, 0.05) is 36.6 Å². The van der Waals surface area contributed by atoms with E-state index < -0.39 is 0 Å². The summed E-state index contributed by atoms with van der Waals surface area (Å²) in [7, 11) is 0. The van der Waals surface area contributed by atoms with Gasteiger partial charge >= 0.3 is 0 Å². The Morgan fingerprint density at radius 1 is 1.50 bits per heavy atom. The number of rotatable bonds is 4. The number of fused-ring (bicyclic) bond motifs is 1. The Bertz CT molecular complexity index is 668. The summed E-state index contributed by atoms with van der Waals surface area (Å²) in [6, 6.07) is 5.23. The van der Waals surface area contributed by atoms with Crippen LogP contribution in [-0.4, -0.2) is 35.4 Å². The van der Waals surface area contributed by atoms with Crippen LogP contribution >= 0.6 is 22.9 Å². The number of hydrogen-bond donors (Lipinski definition) is 2. The maximum atomic E-state index is 12.1. The molecule has 0 fully saturated rings. The topological polar surface area (TPSA) is 71.2 Å². The molecule has 0 unspecified atom stereocenters. The number of anilines is 1. The third-order valence-corrected chi connectivity index (χ3v) is 4.89. The summed E-state index contributed by atoms with van der Waals surface area (Å²) in [6.45, 7) is 3.42. The van der Waals surface area contributed by atoms with Crippen LogP contribution in [0.2, 0.25) is 5.15 Å². The van der Waals surface area contributed by atoms with Crippen molar-refractivity contribution in [2.24, 2.45) is 0 Å². The third kappa shape index (κ3) is 3.58. The van der Waals surface area contributed by atoms with Gasteiger partial charge in [-0.2, -0.15) is 0 Å². The van der Waals surface area contributed by atoms with Crippen LogP contribution in [0.3, 0.4) is 0 Å². The first-order valence-corrected chi connectivity index (χ1v) is 8.36. The van der Waals surface area contributed by atoms with E-state index in [2.05, 4.69) is 26.6 Å². The molecule has 2 aromatic rings. The Hall–Kier alpha value is -1.63. The van der Waals surface area contributed by atoms with E-state index in [9.17, 15) is 4.79 Å². The number of amides is 1. The second-order valence-electron chi connectivity index (χ2n) is 5.25. The molecule has 0 saturated heterocycles. The van der Waals surface area contributed by atoms with Gasteiger partial charge in [-0.05, 0) is 35.6 Å². The van der Waals surface area contributed by atoms with Crippen LogP contribution in [0.25, 0.3) is 0 Å². The number of hydrogen-bond acceptors (Lipinski definition) is 5. The summed E-state index contributed by atoms with van der Waals surface area (Å²) in [4.78, 5) is 19.8. The van der Waals surface area contributed by atoms with Crippen LogP contribution in [0.4, 0.5) is 5.82 Å². The number of aromatic nitrogens is 1. The van der Waals surface area contributed by atoms with Crippen molar-refractivity contribution in [2.75, 3.05) is 25.4 Å². The molecular formula is C15H17ClN4OS. The second-order valence-corrected chi connectivity index (χ2v) is 6.64. The highest BCUT2D eigenvalue weighted by atomic mass is 35.5. The highest BCUT2D eigenvalue weighted by Crippen LogP contribution is 2.23. The highest BCUT2D eigenvalue weighted by molar-refractivity contribution is 7.10. The molecule has 116 valence electrons. The average Bonchev–Trinajstić information content (AvgIpc) is 2.93. The summed E-state index contributed by atoms with van der Waals surface area (Å²) >= 11 is 7.64. The molecule has 3 rings (SSSR count). The lowest BCUT2D eigenvalue weighted by Crippen LogP contribution is -2.37. The van der Waals surface area contributed by atoms with Crippen LogP contribution in [0.1, 0.15) is 20.8 Å². The molecular weight excluding hydrogens is 320 g/mol. The Labute approximate surface area is 138 Å². The van der Waals surface area contributed by atoms with Crippen LogP contribution in [-0.2, 0) is 13.0 Å². The number of halogens is 1. The van der Waals surface area contributed by atoms with Crippen LogP contribution in [0.5, 0.6) is 0 Å². The lowest BCUT2D eigenvalue weighted by Gasteiger charge is -2.26. The Kier molecular flexibility index (Phi) is 4.61. The highest BCUT2D eigenvalue weighted by Gasteiger charge is 2.17. The number of nitrogens with two attached hydrogens (primary N) is 1. The molecule has 0 spiro atoms. The minimum atomic E-state index is -0.177. The molecule has 5 nitrogen and oxygen atoms in total. The Morgan fingerprint density at radius 2 is 2.36 bits per heavy atom. The van der Waals surface area contributed by atoms with Gasteiger partial charge in [0.25, 0.3) is 5.91 Å². The zero-order chi connectivity index (χ0) is 15.5. The van der Waals surface area contributed by atoms with Crippen LogP contribution < -0.4 is 11.1 Å². The number of pyridine rings is 1. The SMILES string of the molecule is Nc1cc(C(=O)NCCN2CCc3sccc3C2)cc(Cl)n1. The molecule has 22 heavy (non-hydrogen) atoms. The van der Waals surface area contributed by atoms with Gasteiger partial charge < -0.3 is 11.1 Å². The fourth-order valence-electron chi connectivity index (χ4n) is 2.58. The lowest BCUT2D eigenvalue weighted by atomic mass is 10.1. The molecule has 2 aromatic heterocycles. The van der Waals surface area contributed by atoms with Gasteiger partial charge in [-0.3, -0.25) is 9.69 Å². The predicted octanol–water partition coefficient (Wildman–Crippen LogP) is 2.17. The summed E-state index contributed by atoms with van der Waals surface area (Å²) in [5, 5.41) is 5.27. The minimum absolute atomic E-state index is 0.177. The molecule has 3 heterocycles. The van der Waals surface area contributed by atoms with Gasteiger partial charge in [-0.1, -0.05) is 11.6 Å². The van der Waals surface area contributed by atoms with Crippen molar-refractivity contribution in [3.8, 4) is 0 Å². The van der Waals surface area contributed by atoms with Crippen molar-refractivity contribution >= 4 is 34.7 Å². The molecule has 1 aliphatic rings. The van der Waals surface area contributed by atoms with Crippen molar-refractivity contribution in [1.82, 2.24) is 15.2 Å². The maximum absolute atomic E-state index is 12.1. The summed E-state index contributed by atoms with van der Waals surface area (Å²) in [5.41, 5.74) is 7.45. The van der Waals surface area contributed by atoms with Crippen LogP contribution in [0, 0.1) is 0 Å². The first-order valence-electron chi connectivity index (χ1n) is 7.10. The first kappa shape index (κ1) is 15.3. The van der Waals surface area contributed by atoms with E-state index in [1.54, 1.807) is 0 Å². The quantitative estimate of drug-likeness (QED) is 0.839. The maximum Gasteiger partial charge on any atom is 0.251 e. The number of carbonyl (C=O) groups is 1. The van der Waals surface area contributed by atoms with E-state index in [1.165, 1.54) is 22.6 Å². The van der Waals surface area contributed by atoms with Gasteiger partial charge in [0.15, 0.2) is 0 Å². The van der Waals surface area contributed by atoms with Crippen LogP contribution in [0.15, 0.2) is 23.6 Å². The van der Waals surface area contributed by atoms with E-state index in [1.807, 2.05) is 11.3 Å². The molecule has 0 saturated carbocycles. The van der Waals surface area contributed by atoms with Crippen molar-refractivity contribution in [1.29, 1.82) is 0 Å². The Balaban J connectivity index is 1.50. The number of nitrogens with one attached hydrogen (secondary N) is 1. The predicted molar refractivity (Wildman–Crippen MR) is 89.3 cm³/mol. The number of carbonyl (C=O) groups excluding carboxylic acids is 1. The molecule has 1 aliphatic heterocycles. The van der Waals surface area contributed by atoms with Gasteiger partial charge in [0.05, 0.1) is 0 Å². The molecule has 0 bridgehead atoms. The van der Waals surface area contributed by atoms with Crippen molar-refractivity contribution in [2.45, 2.75) is 13.0 Å². The Morgan fingerprint density at radius 3 is 3.18 bits per heavy atom. The lowest BCUT2D eigenvalue weighted by molar-refractivity contribution is 0.0947. The zero-order valence-electron chi connectivity index (χ0n) is 12.0. The molecule has 0 aromatic carbocycles. The fourth-order valence-corrected chi connectivity index (χ4v) is 3.68. The summed E-state index contributed by atoms with van der Waals surface area (Å²) in [5.74, 6) is 0.0721. The molecule has 0 aliphatic carbocycles. The van der Waals surface area contributed by atoms with Crippen molar-refractivity contribution < 1.29 is 4.79 Å². The smallest absolute Gasteiger partial charge is 0.251 e. The first-order chi connectivity index (χ1) is 10.6. The van der Waals surface area contributed by atoms with Crippen molar-refractivity contribution in [3.05, 3.63) is 44.7 Å².